The van der Waals surface area contributed by atoms with Crippen LogP contribution in [0.25, 0.3) is 0 Å². The van der Waals surface area contributed by atoms with E-state index in [4.69, 9.17) is 40.2 Å². The summed E-state index contributed by atoms with van der Waals surface area (Å²) in [6.45, 7) is 0. The molecule has 0 unspecified atom stereocenters. The van der Waals surface area contributed by atoms with Gasteiger partial charge in [0.25, 0.3) is 5.17 Å². The Bertz CT molecular complexity index is 566. The van der Waals surface area contributed by atoms with Crippen molar-refractivity contribution in [1.82, 2.24) is 4.90 Å². The first-order valence-electron chi connectivity index (χ1n) is 4.45. The van der Waals surface area contributed by atoms with Crippen molar-refractivity contribution in [1.29, 1.82) is 0 Å². The molecule has 0 bridgehead atoms. The highest BCUT2D eigenvalue weighted by Crippen LogP contribution is 2.36. The minimum absolute atomic E-state index is 0.0237. The Kier molecular flexibility index (Phi) is 4.77. The van der Waals surface area contributed by atoms with E-state index in [9.17, 15) is 12.3 Å². The van der Waals surface area contributed by atoms with Gasteiger partial charge in [-0.05, 0) is 24.4 Å². The van der Waals surface area contributed by atoms with E-state index in [1.807, 2.05) is 0 Å². The molecule has 0 aliphatic heterocycles. The number of rotatable bonds is 2. The molecule has 0 aromatic heterocycles. The van der Waals surface area contributed by atoms with Crippen molar-refractivity contribution < 1.29 is 17.0 Å². The lowest BCUT2D eigenvalue weighted by molar-refractivity contribution is 0.449. The fourth-order valence-electron chi connectivity index (χ4n) is 0.954. The highest BCUT2D eigenvalue weighted by Gasteiger charge is 2.19. The van der Waals surface area contributed by atoms with Crippen molar-refractivity contribution in [2.45, 2.75) is 4.90 Å². The Balaban J connectivity index is 3.22. The minimum Gasteiger partial charge on any atom is -0.429 e. The quantitative estimate of drug-likeness (QED) is 0.616. The fourth-order valence-corrected chi connectivity index (χ4v) is 2.25. The molecule has 0 saturated heterocycles. The summed E-state index contributed by atoms with van der Waals surface area (Å²) in [6, 6.07) is 1.80. The maximum absolute atomic E-state index is 12.8. The SMILES string of the molecule is CN(C)C(=S)Oc1c(Cl)cc(S(=O)(=O)F)cc1Cl. The number of benzene rings is 1. The van der Waals surface area contributed by atoms with Gasteiger partial charge in [0.2, 0.25) is 0 Å². The molecule has 0 N–H and O–H groups in total. The van der Waals surface area contributed by atoms with E-state index in [2.05, 4.69) is 0 Å². The van der Waals surface area contributed by atoms with Crippen LogP contribution in [0.3, 0.4) is 0 Å². The van der Waals surface area contributed by atoms with E-state index in [0.29, 0.717) is 0 Å². The van der Waals surface area contributed by atoms with Gasteiger partial charge in [-0.25, -0.2) is 0 Å². The smallest absolute Gasteiger partial charge is 0.332 e. The molecule has 1 aromatic carbocycles. The van der Waals surface area contributed by atoms with E-state index >= 15 is 0 Å². The predicted octanol–water partition coefficient (Wildman–Crippen LogP) is 2.88. The molecule has 0 amide bonds. The third kappa shape index (κ3) is 3.68. The average molecular weight is 332 g/mol. The first kappa shape index (κ1) is 15.4. The Morgan fingerprint density at radius 2 is 1.78 bits per heavy atom. The van der Waals surface area contributed by atoms with Gasteiger partial charge < -0.3 is 9.64 Å². The second-order valence-corrected chi connectivity index (χ2v) is 5.93. The second-order valence-electron chi connectivity index (χ2n) is 3.42. The van der Waals surface area contributed by atoms with Crippen LogP contribution in [-0.2, 0) is 10.2 Å². The molecular weight excluding hydrogens is 324 g/mol. The van der Waals surface area contributed by atoms with Crippen LogP contribution in [0.1, 0.15) is 0 Å². The first-order chi connectivity index (χ1) is 8.12. The maximum Gasteiger partial charge on any atom is 0.332 e. The van der Waals surface area contributed by atoms with E-state index in [1.165, 1.54) is 4.90 Å². The highest BCUT2D eigenvalue weighted by atomic mass is 35.5. The largest absolute Gasteiger partial charge is 0.429 e. The molecule has 0 aliphatic rings. The van der Waals surface area contributed by atoms with E-state index < -0.39 is 15.1 Å². The molecular formula is C9H8Cl2FNO3S2. The van der Waals surface area contributed by atoms with Crippen molar-refractivity contribution in [3.63, 3.8) is 0 Å². The zero-order chi connectivity index (χ0) is 14.1. The fraction of sp³-hybridized carbons (Fsp3) is 0.222. The number of ether oxygens (including phenoxy) is 1. The van der Waals surface area contributed by atoms with Crippen LogP contribution in [-0.4, -0.2) is 32.6 Å². The third-order valence-electron chi connectivity index (χ3n) is 1.81. The summed E-state index contributed by atoms with van der Waals surface area (Å²) >= 11 is 16.4. The van der Waals surface area contributed by atoms with Gasteiger partial charge in [-0.1, -0.05) is 23.2 Å². The summed E-state index contributed by atoms with van der Waals surface area (Å²) in [5.74, 6) is -0.0237. The third-order valence-corrected chi connectivity index (χ3v) is 3.62. The topological polar surface area (TPSA) is 46.6 Å². The average Bonchev–Trinajstić information content (AvgIpc) is 2.21. The Morgan fingerprint density at radius 1 is 1.33 bits per heavy atom. The van der Waals surface area contributed by atoms with Gasteiger partial charge in [-0.15, -0.1) is 3.89 Å². The predicted molar refractivity (Wildman–Crippen MR) is 71.7 cm³/mol. The molecule has 4 nitrogen and oxygen atoms in total. The number of nitrogens with zero attached hydrogens (tertiary/aromatic N) is 1. The Labute approximate surface area is 119 Å². The van der Waals surface area contributed by atoms with Gasteiger partial charge in [-0.2, -0.15) is 8.42 Å². The number of hydrogen-bond acceptors (Lipinski definition) is 4. The van der Waals surface area contributed by atoms with Gasteiger partial charge in [0.05, 0.1) is 10.0 Å². The molecule has 18 heavy (non-hydrogen) atoms. The van der Waals surface area contributed by atoms with Crippen molar-refractivity contribution in [2.24, 2.45) is 0 Å². The summed E-state index contributed by atoms with van der Waals surface area (Å²) in [5, 5.41) is -0.222. The molecule has 0 saturated carbocycles. The van der Waals surface area contributed by atoms with Gasteiger partial charge in [0, 0.05) is 14.1 Å². The molecule has 0 spiro atoms. The lowest BCUT2D eigenvalue weighted by atomic mass is 10.3. The van der Waals surface area contributed by atoms with Gasteiger partial charge in [0.1, 0.15) is 4.90 Å². The summed E-state index contributed by atoms with van der Waals surface area (Å²) in [5.41, 5.74) is 0. The molecule has 9 heteroatoms. The van der Waals surface area contributed by atoms with Crippen molar-refractivity contribution in [3.05, 3.63) is 22.2 Å². The Hall–Kier alpha value is -0.630. The lowest BCUT2D eigenvalue weighted by Gasteiger charge is -2.16. The summed E-state index contributed by atoms with van der Waals surface area (Å²) in [4.78, 5) is 0.850. The molecule has 0 fully saturated rings. The summed E-state index contributed by atoms with van der Waals surface area (Å²) < 4.78 is 39.4. The molecule has 0 atom stereocenters. The van der Waals surface area contributed by atoms with Crippen LogP contribution in [0, 0.1) is 0 Å². The number of halogens is 3. The monoisotopic (exact) mass is 331 g/mol. The second kappa shape index (κ2) is 5.56. The summed E-state index contributed by atoms with van der Waals surface area (Å²) in [6.07, 6.45) is 0. The first-order valence-corrected chi connectivity index (χ1v) is 7.00. The van der Waals surface area contributed by atoms with Gasteiger partial charge >= 0.3 is 10.2 Å². The molecule has 0 heterocycles. The van der Waals surface area contributed by atoms with Crippen LogP contribution < -0.4 is 4.74 Å². The normalized spacial score (nSPS) is 11.2. The number of thiocarbonyl (C=S) groups is 1. The van der Waals surface area contributed by atoms with Crippen LogP contribution in [0.4, 0.5) is 3.89 Å². The minimum atomic E-state index is -4.88. The van der Waals surface area contributed by atoms with E-state index in [0.717, 1.165) is 12.1 Å². The van der Waals surface area contributed by atoms with E-state index in [-0.39, 0.29) is 21.0 Å². The van der Waals surface area contributed by atoms with Gasteiger partial charge in [0.15, 0.2) is 5.75 Å². The maximum atomic E-state index is 12.8. The lowest BCUT2D eigenvalue weighted by Crippen LogP contribution is -2.25. The van der Waals surface area contributed by atoms with Gasteiger partial charge in [-0.3, -0.25) is 0 Å². The van der Waals surface area contributed by atoms with Crippen molar-refractivity contribution >= 4 is 50.8 Å². The number of hydrogen-bond donors (Lipinski definition) is 0. The molecule has 0 radical (unpaired) electrons. The molecule has 1 aromatic rings. The molecule has 0 aliphatic carbocycles. The van der Waals surface area contributed by atoms with Crippen LogP contribution in [0.15, 0.2) is 17.0 Å². The Morgan fingerprint density at radius 3 is 2.11 bits per heavy atom. The zero-order valence-corrected chi connectivity index (χ0v) is 12.4. The highest BCUT2D eigenvalue weighted by molar-refractivity contribution is 7.86. The standard InChI is InChI=1S/C9H8Cl2FNO3S2/c1-13(2)9(17)16-8-6(10)3-5(4-7(8)11)18(12,14)15/h3-4H,1-2H3. The molecule has 100 valence electrons. The van der Waals surface area contributed by atoms with Crippen molar-refractivity contribution in [2.75, 3.05) is 14.1 Å². The van der Waals surface area contributed by atoms with Crippen LogP contribution in [0.2, 0.25) is 10.0 Å². The van der Waals surface area contributed by atoms with Crippen LogP contribution in [0.5, 0.6) is 5.75 Å². The zero-order valence-electron chi connectivity index (χ0n) is 9.28. The summed E-state index contributed by atoms with van der Waals surface area (Å²) in [7, 11) is -1.59. The van der Waals surface area contributed by atoms with Crippen LogP contribution >= 0.6 is 35.4 Å². The van der Waals surface area contributed by atoms with Crippen molar-refractivity contribution in [3.8, 4) is 5.75 Å². The van der Waals surface area contributed by atoms with E-state index in [1.54, 1.807) is 14.1 Å². The molecule has 1 rings (SSSR count).